The van der Waals surface area contributed by atoms with Crippen molar-refractivity contribution in [2.45, 2.75) is 5.41 Å². The Morgan fingerprint density at radius 1 is 0.238 bits per heavy atom. The largest absolute Gasteiger partial charge is 0.310 e. The molecule has 11 aromatic carbocycles. The van der Waals surface area contributed by atoms with Crippen LogP contribution in [0.2, 0.25) is 0 Å². The van der Waals surface area contributed by atoms with E-state index in [4.69, 9.17) is 0 Å². The monoisotopic (exact) mass is 800 g/mol. The number of hydrogen-bond acceptors (Lipinski definition) is 2. The molecule has 2 heteroatoms. The molecule has 294 valence electrons. The molecule has 0 atom stereocenters. The lowest BCUT2D eigenvalue weighted by Gasteiger charge is -2.34. The maximum absolute atomic E-state index is 2.52. The van der Waals surface area contributed by atoms with Crippen LogP contribution in [0, 0.1) is 0 Å². The van der Waals surface area contributed by atoms with E-state index < -0.39 is 5.41 Å². The van der Waals surface area contributed by atoms with Crippen molar-refractivity contribution in [3.05, 3.63) is 265 Å². The summed E-state index contributed by atoms with van der Waals surface area (Å²) in [5, 5.41) is 7.55. The molecule has 0 aromatic heterocycles. The summed E-state index contributed by atoms with van der Waals surface area (Å²) in [4.78, 5) is 4.94. The second-order valence-electron chi connectivity index (χ2n) is 16.8. The molecule has 0 unspecified atom stereocenters. The number of hydrogen-bond donors (Lipinski definition) is 0. The van der Waals surface area contributed by atoms with Crippen molar-refractivity contribution in [2.75, 3.05) is 9.80 Å². The first-order valence-corrected chi connectivity index (χ1v) is 21.9. The van der Waals surface area contributed by atoms with Gasteiger partial charge >= 0.3 is 0 Å². The van der Waals surface area contributed by atoms with E-state index in [9.17, 15) is 0 Å². The lowest BCUT2D eigenvalue weighted by molar-refractivity contribution is 0.793. The highest BCUT2D eigenvalue weighted by molar-refractivity contribution is 6.26. The molecule has 0 fully saturated rings. The SMILES string of the molecule is c1ccc(N(c2ccccc2)c2cc(N(c3ccccc3)c3ccc4c5ccccc5c5ccccc5c4c3)c3c(c2)C2(c4ccccc4-c4ccccc42)c2ccccc2-3)cc1. The minimum atomic E-state index is -0.552. The summed E-state index contributed by atoms with van der Waals surface area (Å²) in [5.74, 6) is 0. The van der Waals surface area contributed by atoms with Gasteiger partial charge in [-0.25, -0.2) is 0 Å². The van der Waals surface area contributed by atoms with Gasteiger partial charge in [-0.05, 0) is 132 Å². The zero-order chi connectivity index (χ0) is 41.5. The van der Waals surface area contributed by atoms with Crippen LogP contribution in [0.15, 0.2) is 243 Å². The van der Waals surface area contributed by atoms with E-state index in [1.807, 2.05) is 0 Å². The Bertz CT molecular complexity index is 3460. The summed E-state index contributed by atoms with van der Waals surface area (Å²) in [6.07, 6.45) is 0. The van der Waals surface area contributed by atoms with Crippen LogP contribution >= 0.6 is 0 Å². The lowest BCUT2D eigenvalue weighted by Crippen LogP contribution is -2.26. The molecule has 13 rings (SSSR count). The number of anilines is 6. The van der Waals surface area contributed by atoms with Gasteiger partial charge < -0.3 is 9.80 Å². The van der Waals surface area contributed by atoms with Gasteiger partial charge in [-0.15, -0.1) is 0 Å². The first kappa shape index (κ1) is 35.5. The topological polar surface area (TPSA) is 6.48 Å². The Kier molecular flexibility index (Phi) is 7.85. The van der Waals surface area contributed by atoms with E-state index in [-0.39, 0.29) is 0 Å². The van der Waals surface area contributed by atoms with Crippen LogP contribution in [0.4, 0.5) is 34.1 Å². The third-order valence-electron chi connectivity index (χ3n) is 13.6. The van der Waals surface area contributed by atoms with Gasteiger partial charge in [0.15, 0.2) is 0 Å². The molecule has 2 nitrogen and oxygen atoms in total. The van der Waals surface area contributed by atoms with Crippen LogP contribution in [0.3, 0.4) is 0 Å². The van der Waals surface area contributed by atoms with E-state index in [0.29, 0.717) is 0 Å². The van der Waals surface area contributed by atoms with Crippen LogP contribution in [0.25, 0.3) is 54.6 Å². The van der Waals surface area contributed by atoms with Crippen molar-refractivity contribution in [3.8, 4) is 22.3 Å². The molecule has 0 amide bonds. The summed E-state index contributed by atoms with van der Waals surface area (Å²) in [5.41, 5.74) is 16.4. The third-order valence-corrected chi connectivity index (χ3v) is 13.6. The number of rotatable bonds is 6. The first-order chi connectivity index (χ1) is 31.3. The summed E-state index contributed by atoms with van der Waals surface area (Å²) in [7, 11) is 0. The van der Waals surface area contributed by atoms with E-state index in [1.165, 1.54) is 76.8 Å². The van der Waals surface area contributed by atoms with E-state index >= 15 is 0 Å². The molecule has 2 aliphatic rings. The maximum atomic E-state index is 2.52. The highest BCUT2D eigenvalue weighted by Gasteiger charge is 2.52. The van der Waals surface area contributed by atoms with Crippen molar-refractivity contribution < 1.29 is 0 Å². The van der Waals surface area contributed by atoms with Gasteiger partial charge in [-0.3, -0.25) is 0 Å². The second kappa shape index (κ2) is 13.9. The maximum Gasteiger partial charge on any atom is 0.0727 e. The Morgan fingerprint density at radius 2 is 0.635 bits per heavy atom. The zero-order valence-electron chi connectivity index (χ0n) is 34.5. The van der Waals surface area contributed by atoms with Crippen molar-refractivity contribution in [2.24, 2.45) is 0 Å². The first-order valence-electron chi connectivity index (χ1n) is 21.9. The van der Waals surface area contributed by atoms with Crippen molar-refractivity contribution in [3.63, 3.8) is 0 Å². The molecule has 0 bridgehead atoms. The number of fused-ring (bicyclic) bond motifs is 16. The minimum absolute atomic E-state index is 0.552. The Hall–Kier alpha value is -8.20. The Morgan fingerprint density at radius 3 is 1.16 bits per heavy atom. The van der Waals surface area contributed by atoms with Crippen LogP contribution < -0.4 is 9.80 Å². The molecule has 0 heterocycles. The second-order valence-corrected chi connectivity index (χ2v) is 16.8. The van der Waals surface area contributed by atoms with Crippen molar-refractivity contribution >= 4 is 66.4 Å². The molecule has 11 aromatic rings. The highest BCUT2D eigenvalue weighted by Crippen LogP contribution is 2.65. The lowest BCUT2D eigenvalue weighted by atomic mass is 9.70. The fourth-order valence-corrected chi connectivity index (χ4v) is 11.1. The molecule has 0 N–H and O–H groups in total. The van der Waals surface area contributed by atoms with Crippen LogP contribution in [0.1, 0.15) is 22.3 Å². The van der Waals surface area contributed by atoms with E-state index in [1.54, 1.807) is 0 Å². The molecule has 1 spiro atoms. The molecule has 2 aliphatic carbocycles. The van der Waals surface area contributed by atoms with Gasteiger partial charge in [0.25, 0.3) is 0 Å². The molecular formula is C61H40N2. The van der Waals surface area contributed by atoms with Gasteiger partial charge in [0.05, 0.1) is 11.1 Å². The van der Waals surface area contributed by atoms with Gasteiger partial charge in [0.1, 0.15) is 0 Å². The molecule has 0 saturated carbocycles. The Labute approximate surface area is 367 Å². The molecule has 0 saturated heterocycles. The van der Waals surface area contributed by atoms with Crippen molar-refractivity contribution in [1.82, 2.24) is 0 Å². The normalized spacial score (nSPS) is 12.9. The van der Waals surface area contributed by atoms with Gasteiger partial charge in [0, 0.05) is 34.0 Å². The minimum Gasteiger partial charge on any atom is -0.310 e. The van der Waals surface area contributed by atoms with E-state index in [0.717, 1.165) is 34.1 Å². The van der Waals surface area contributed by atoms with Crippen LogP contribution in [-0.4, -0.2) is 0 Å². The average molecular weight is 801 g/mol. The number of para-hydroxylation sites is 3. The molecule has 63 heavy (non-hydrogen) atoms. The summed E-state index contributed by atoms with van der Waals surface area (Å²) in [6, 6.07) is 89.7. The van der Waals surface area contributed by atoms with Gasteiger partial charge in [0.2, 0.25) is 0 Å². The van der Waals surface area contributed by atoms with E-state index in [2.05, 4.69) is 252 Å². The third kappa shape index (κ3) is 5.13. The van der Waals surface area contributed by atoms with Crippen LogP contribution in [-0.2, 0) is 5.41 Å². The predicted molar refractivity (Wildman–Crippen MR) is 265 cm³/mol. The average Bonchev–Trinajstić information content (AvgIpc) is 3.83. The molecule has 0 radical (unpaired) electrons. The number of benzene rings is 11. The standard InChI is InChI=1S/C61H40N2/c1-4-20-41(21-5-1)62(42-22-6-2-7-23-42)45-39-58-60(53-32-16-19-35-57(53)61(58)55-33-17-14-30-51(55)52-31-15-18-34-56(52)61)59(40-45)63(43-24-8-3-9-25-43)44-36-37-50-48-28-11-10-26-46(48)47-27-12-13-29-49(47)54(50)38-44/h1-40H. The quantitative estimate of drug-likeness (QED) is 0.155. The van der Waals surface area contributed by atoms with Crippen LogP contribution in [0.5, 0.6) is 0 Å². The summed E-state index contributed by atoms with van der Waals surface area (Å²) >= 11 is 0. The predicted octanol–water partition coefficient (Wildman–Crippen LogP) is 16.4. The fourth-order valence-electron chi connectivity index (χ4n) is 11.1. The molecular weight excluding hydrogens is 761 g/mol. The smallest absolute Gasteiger partial charge is 0.0727 e. The zero-order valence-corrected chi connectivity index (χ0v) is 34.5. The molecule has 0 aliphatic heterocycles. The van der Waals surface area contributed by atoms with Crippen molar-refractivity contribution in [1.29, 1.82) is 0 Å². The summed E-state index contributed by atoms with van der Waals surface area (Å²) in [6.45, 7) is 0. The Balaban J connectivity index is 1.19. The van der Waals surface area contributed by atoms with Gasteiger partial charge in [-0.2, -0.15) is 0 Å². The van der Waals surface area contributed by atoms with Gasteiger partial charge in [-0.1, -0.05) is 182 Å². The summed E-state index contributed by atoms with van der Waals surface area (Å²) < 4.78 is 0. The fraction of sp³-hybridized carbons (Fsp3) is 0.0164. The number of nitrogens with zero attached hydrogens (tertiary/aromatic N) is 2. The highest BCUT2D eigenvalue weighted by atomic mass is 15.2.